The highest BCUT2D eigenvalue weighted by Gasteiger charge is 2.34. The van der Waals surface area contributed by atoms with Gasteiger partial charge in [0.05, 0.1) is 5.56 Å². The summed E-state index contributed by atoms with van der Waals surface area (Å²) in [6.07, 6.45) is -4.13. The van der Waals surface area contributed by atoms with Crippen LogP contribution in [0.1, 0.15) is 30.0 Å². The Bertz CT molecular complexity index is 578. The van der Waals surface area contributed by atoms with Crippen LogP contribution in [-0.4, -0.2) is 5.11 Å². The molecule has 0 spiro atoms. The molecule has 2 aromatic rings. The van der Waals surface area contributed by atoms with Crippen molar-refractivity contribution in [3.63, 3.8) is 0 Å². The molecule has 0 aliphatic carbocycles. The van der Waals surface area contributed by atoms with Crippen molar-refractivity contribution in [2.45, 2.75) is 25.1 Å². The Morgan fingerprint density at radius 2 is 1.40 bits per heavy atom. The molecule has 1 unspecified atom stereocenters. The van der Waals surface area contributed by atoms with E-state index in [1.165, 1.54) is 12.1 Å². The summed E-state index contributed by atoms with van der Waals surface area (Å²) in [6.45, 7) is 1.74. The summed E-state index contributed by atoms with van der Waals surface area (Å²) in [5, 5.41) is 10.8. The van der Waals surface area contributed by atoms with Crippen LogP contribution in [0, 0.1) is 0 Å². The van der Waals surface area contributed by atoms with Gasteiger partial charge in [0, 0.05) is 0 Å². The van der Waals surface area contributed by atoms with Gasteiger partial charge in [0.2, 0.25) is 0 Å². The topological polar surface area (TPSA) is 20.2 Å². The number of benzene rings is 2. The van der Waals surface area contributed by atoms with E-state index in [1.807, 2.05) is 0 Å². The molecule has 0 heterocycles. The SMILES string of the molecule is CCC(O)(c1ccccc1)c1cccc(C(F)(F)F)c1. The first-order valence-electron chi connectivity index (χ1n) is 6.33. The minimum atomic E-state index is -4.42. The summed E-state index contributed by atoms with van der Waals surface area (Å²) in [5.41, 5.74) is -1.33. The molecule has 106 valence electrons. The maximum Gasteiger partial charge on any atom is 0.416 e. The molecule has 1 atom stereocenters. The van der Waals surface area contributed by atoms with Crippen molar-refractivity contribution in [2.75, 3.05) is 0 Å². The van der Waals surface area contributed by atoms with Crippen molar-refractivity contribution in [3.05, 3.63) is 71.3 Å². The summed E-state index contributed by atoms with van der Waals surface area (Å²) in [6, 6.07) is 13.6. The lowest BCUT2D eigenvalue weighted by atomic mass is 9.83. The minimum absolute atomic E-state index is 0.251. The van der Waals surface area contributed by atoms with E-state index < -0.39 is 17.3 Å². The summed E-state index contributed by atoms with van der Waals surface area (Å²) >= 11 is 0. The van der Waals surface area contributed by atoms with E-state index in [1.54, 1.807) is 37.3 Å². The predicted octanol–water partition coefficient (Wildman–Crippen LogP) is 4.35. The second-order valence-corrected chi connectivity index (χ2v) is 4.66. The maximum atomic E-state index is 12.8. The van der Waals surface area contributed by atoms with Crippen molar-refractivity contribution < 1.29 is 18.3 Å². The van der Waals surface area contributed by atoms with E-state index in [0.717, 1.165) is 12.1 Å². The van der Waals surface area contributed by atoms with Crippen LogP contribution in [0.25, 0.3) is 0 Å². The van der Waals surface area contributed by atoms with Gasteiger partial charge in [0.25, 0.3) is 0 Å². The molecule has 0 bridgehead atoms. The zero-order valence-corrected chi connectivity index (χ0v) is 11.0. The molecule has 20 heavy (non-hydrogen) atoms. The van der Waals surface area contributed by atoms with Gasteiger partial charge < -0.3 is 5.11 Å². The van der Waals surface area contributed by atoms with Gasteiger partial charge in [0.1, 0.15) is 5.60 Å². The second-order valence-electron chi connectivity index (χ2n) is 4.66. The molecule has 0 aliphatic heterocycles. The Kier molecular flexibility index (Phi) is 3.86. The number of rotatable bonds is 3. The van der Waals surface area contributed by atoms with Crippen molar-refractivity contribution in [1.29, 1.82) is 0 Å². The number of hydrogen-bond acceptors (Lipinski definition) is 1. The summed E-state index contributed by atoms with van der Waals surface area (Å²) < 4.78 is 38.3. The lowest BCUT2D eigenvalue weighted by Crippen LogP contribution is -2.26. The van der Waals surface area contributed by atoms with Crippen LogP contribution in [0.15, 0.2) is 54.6 Å². The standard InChI is InChI=1S/C16H15F3O/c1-2-15(20,12-7-4-3-5-8-12)13-9-6-10-14(11-13)16(17,18)19/h3-11,20H,2H2,1H3. The number of aliphatic hydroxyl groups is 1. The average Bonchev–Trinajstić information content (AvgIpc) is 2.46. The molecular formula is C16H15F3O. The quantitative estimate of drug-likeness (QED) is 0.886. The van der Waals surface area contributed by atoms with Gasteiger partial charge in [-0.2, -0.15) is 13.2 Å². The minimum Gasteiger partial charge on any atom is -0.380 e. The fraction of sp³-hybridized carbons (Fsp3) is 0.250. The monoisotopic (exact) mass is 280 g/mol. The van der Waals surface area contributed by atoms with Gasteiger partial charge in [0.15, 0.2) is 0 Å². The van der Waals surface area contributed by atoms with Gasteiger partial charge in [-0.1, -0.05) is 49.4 Å². The highest BCUT2D eigenvalue weighted by atomic mass is 19.4. The van der Waals surface area contributed by atoms with Gasteiger partial charge >= 0.3 is 6.18 Å². The maximum absolute atomic E-state index is 12.8. The van der Waals surface area contributed by atoms with Crippen molar-refractivity contribution in [1.82, 2.24) is 0 Å². The van der Waals surface area contributed by atoms with Crippen LogP contribution in [0.5, 0.6) is 0 Å². The lowest BCUT2D eigenvalue weighted by Gasteiger charge is -2.28. The first-order chi connectivity index (χ1) is 9.38. The number of halogens is 3. The molecule has 0 aromatic heterocycles. The lowest BCUT2D eigenvalue weighted by molar-refractivity contribution is -0.137. The molecule has 0 saturated heterocycles. The fourth-order valence-electron chi connectivity index (χ4n) is 2.24. The smallest absolute Gasteiger partial charge is 0.380 e. The van der Waals surface area contributed by atoms with Crippen LogP contribution in [-0.2, 0) is 11.8 Å². The molecular weight excluding hydrogens is 265 g/mol. The molecule has 0 aliphatic rings. The van der Waals surface area contributed by atoms with Crippen LogP contribution >= 0.6 is 0 Å². The number of alkyl halides is 3. The highest BCUT2D eigenvalue weighted by Crippen LogP contribution is 2.36. The summed E-state index contributed by atoms with van der Waals surface area (Å²) in [4.78, 5) is 0. The molecule has 2 rings (SSSR count). The first kappa shape index (κ1) is 14.6. The zero-order valence-electron chi connectivity index (χ0n) is 11.0. The van der Waals surface area contributed by atoms with E-state index in [2.05, 4.69) is 0 Å². The molecule has 0 radical (unpaired) electrons. The van der Waals surface area contributed by atoms with E-state index in [4.69, 9.17) is 0 Å². The van der Waals surface area contributed by atoms with Crippen molar-refractivity contribution in [3.8, 4) is 0 Å². The Labute approximate surface area is 115 Å². The molecule has 1 nitrogen and oxygen atoms in total. The van der Waals surface area contributed by atoms with Crippen LogP contribution in [0.4, 0.5) is 13.2 Å². The molecule has 0 amide bonds. The average molecular weight is 280 g/mol. The third-order valence-corrected chi connectivity index (χ3v) is 3.43. The second kappa shape index (κ2) is 5.29. The first-order valence-corrected chi connectivity index (χ1v) is 6.33. The normalized spacial score (nSPS) is 14.8. The molecule has 4 heteroatoms. The Morgan fingerprint density at radius 3 is 1.95 bits per heavy atom. The third kappa shape index (κ3) is 2.70. The van der Waals surface area contributed by atoms with Crippen LogP contribution in [0.2, 0.25) is 0 Å². The Balaban J connectivity index is 2.53. The highest BCUT2D eigenvalue weighted by molar-refractivity contribution is 5.38. The molecule has 0 fully saturated rings. The van der Waals surface area contributed by atoms with Crippen LogP contribution in [0.3, 0.4) is 0 Å². The van der Waals surface area contributed by atoms with Gasteiger partial charge in [-0.05, 0) is 29.7 Å². The van der Waals surface area contributed by atoms with Crippen molar-refractivity contribution in [2.24, 2.45) is 0 Å². The largest absolute Gasteiger partial charge is 0.416 e. The molecule has 2 aromatic carbocycles. The van der Waals surface area contributed by atoms with Crippen LogP contribution < -0.4 is 0 Å². The van der Waals surface area contributed by atoms with Gasteiger partial charge in [-0.25, -0.2) is 0 Å². The summed E-state index contributed by atoms with van der Waals surface area (Å²) in [7, 11) is 0. The van der Waals surface area contributed by atoms with Gasteiger partial charge in [-0.15, -0.1) is 0 Å². The third-order valence-electron chi connectivity index (χ3n) is 3.43. The predicted molar refractivity (Wildman–Crippen MR) is 71.2 cm³/mol. The fourth-order valence-corrected chi connectivity index (χ4v) is 2.24. The van der Waals surface area contributed by atoms with Crippen molar-refractivity contribution >= 4 is 0 Å². The zero-order chi connectivity index (χ0) is 14.8. The summed E-state index contributed by atoms with van der Waals surface area (Å²) in [5.74, 6) is 0. The van der Waals surface area contributed by atoms with E-state index >= 15 is 0 Å². The van der Waals surface area contributed by atoms with E-state index in [-0.39, 0.29) is 5.56 Å². The molecule has 1 N–H and O–H groups in total. The Morgan fingerprint density at radius 1 is 0.850 bits per heavy atom. The van der Waals surface area contributed by atoms with E-state index in [0.29, 0.717) is 12.0 Å². The van der Waals surface area contributed by atoms with E-state index in [9.17, 15) is 18.3 Å². The number of hydrogen-bond donors (Lipinski definition) is 1. The molecule has 0 saturated carbocycles. The Hall–Kier alpha value is -1.81. The van der Waals surface area contributed by atoms with Gasteiger partial charge in [-0.3, -0.25) is 0 Å².